The number of aromatic nitrogens is 2. The van der Waals surface area contributed by atoms with Gasteiger partial charge in [0.1, 0.15) is 11.2 Å². The van der Waals surface area contributed by atoms with E-state index in [1.807, 2.05) is 24.4 Å². The molecule has 0 N–H and O–H groups in total. The number of fused-ring (bicyclic) bond motifs is 10. The maximum Gasteiger partial charge on any atom is 0.136 e. The SMILES string of the molecule is c1cnc2c(c1)ccc1ccc(-c3ccc(-c4cc5ccc6oc7ccccc7c6c5c5ccccc45)cc3)nc12. The average Bonchev–Trinajstić information content (AvgIpc) is 3.43. The van der Waals surface area contributed by atoms with Crippen molar-refractivity contribution in [1.82, 2.24) is 9.97 Å². The average molecular weight is 523 g/mol. The topological polar surface area (TPSA) is 38.9 Å². The van der Waals surface area contributed by atoms with E-state index in [-0.39, 0.29) is 0 Å². The molecular formula is C38H22N2O. The highest BCUT2D eigenvalue weighted by molar-refractivity contribution is 6.28. The summed E-state index contributed by atoms with van der Waals surface area (Å²) in [6, 6.07) is 44.9. The first kappa shape index (κ1) is 22.3. The van der Waals surface area contributed by atoms with Gasteiger partial charge < -0.3 is 4.42 Å². The summed E-state index contributed by atoms with van der Waals surface area (Å²) in [5, 5.41) is 9.44. The summed E-state index contributed by atoms with van der Waals surface area (Å²) in [6.45, 7) is 0. The predicted molar refractivity (Wildman–Crippen MR) is 170 cm³/mol. The van der Waals surface area contributed by atoms with E-state index in [1.165, 1.54) is 38.1 Å². The Balaban J connectivity index is 1.22. The van der Waals surface area contributed by atoms with Gasteiger partial charge in [-0.1, -0.05) is 97.1 Å². The van der Waals surface area contributed by atoms with E-state index in [2.05, 4.69) is 114 Å². The zero-order chi connectivity index (χ0) is 26.9. The minimum absolute atomic E-state index is 0.921. The first-order chi connectivity index (χ1) is 20.3. The van der Waals surface area contributed by atoms with Gasteiger partial charge in [-0.15, -0.1) is 0 Å². The molecule has 3 aromatic heterocycles. The second kappa shape index (κ2) is 8.48. The van der Waals surface area contributed by atoms with E-state index in [0.29, 0.717) is 0 Å². The van der Waals surface area contributed by atoms with Crippen LogP contribution in [0.15, 0.2) is 138 Å². The van der Waals surface area contributed by atoms with Crippen LogP contribution in [-0.2, 0) is 0 Å². The molecule has 0 aliphatic carbocycles. The van der Waals surface area contributed by atoms with E-state index >= 15 is 0 Å². The van der Waals surface area contributed by atoms with Gasteiger partial charge in [-0.3, -0.25) is 4.98 Å². The molecule has 6 aromatic carbocycles. The Morgan fingerprint density at radius 3 is 2.05 bits per heavy atom. The number of nitrogens with zero attached hydrogens (tertiary/aromatic N) is 2. The maximum atomic E-state index is 6.22. The number of pyridine rings is 2. The lowest BCUT2D eigenvalue weighted by Gasteiger charge is -2.13. The standard InChI is InChI=1S/C38H22N2O/c1-2-8-29-28(7-1)31(22-27-18-20-34-36(35(27)29)30-9-3-4-10-33(30)41-34)23-11-13-24(14-12-23)32-19-17-26-16-15-25-6-5-21-39-37(25)38(26)40-32/h1-22H. The minimum atomic E-state index is 0.921. The zero-order valence-electron chi connectivity index (χ0n) is 22.0. The van der Waals surface area contributed by atoms with Gasteiger partial charge in [0.2, 0.25) is 0 Å². The summed E-state index contributed by atoms with van der Waals surface area (Å²) in [7, 11) is 0. The van der Waals surface area contributed by atoms with Gasteiger partial charge in [-0.05, 0) is 57.6 Å². The molecule has 9 aromatic rings. The number of para-hydroxylation sites is 1. The van der Waals surface area contributed by atoms with Crippen LogP contribution in [0.25, 0.3) is 87.7 Å². The number of rotatable bonds is 2. The molecule has 3 heteroatoms. The molecule has 3 heterocycles. The molecule has 0 radical (unpaired) electrons. The van der Waals surface area contributed by atoms with E-state index in [0.717, 1.165) is 49.6 Å². The third kappa shape index (κ3) is 3.33. The number of benzene rings is 6. The highest BCUT2D eigenvalue weighted by atomic mass is 16.3. The van der Waals surface area contributed by atoms with Gasteiger partial charge in [0.05, 0.1) is 16.7 Å². The van der Waals surface area contributed by atoms with Gasteiger partial charge in [-0.25, -0.2) is 4.98 Å². The fourth-order valence-electron chi connectivity index (χ4n) is 6.36. The van der Waals surface area contributed by atoms with Crippen molar-refractivity contribution in [2.24, 2.45) is 0 Å². The van der Waals surface area contributed by atoms with Gasteiger partial charge in [-0.2, -0.15) is 0 Å². The van der Waals surface area contributed by atoms with Crippen LogP contribution in [0.3, 0.4) is 0 Å². The van der Waals surface area contributed by atoms with Crippen LogP contribution in [0, 0.1) is 0 Å². The van der Waals surface area contributed by atoms with Gasteiger partial charge >= 0.3 is 0 Å². The fourth-order valence-corrected chi connectivity index (χ4v) is 6.36. The summed E-state index contributed by atoms with van der Waals surface area (Å²) in [5.41, 5.74) is 8.14. The van der Waals surface area contributed by atoms with Gasteiger partial charge in [0.25, 0.3) is 0 Å². The van der Waals surface area contributed by atoms with E-state index in [4.69, 9.17) is 9.40 Å². The molecule has 0 unspecified atom stereocenters. The molecule has 41 heavy (non-hydrogen) atoms. The van der Waals surface area contributed by atoms with E-state index in [1.54, 1.807) is 0 Å². The fraction of sp³-hybridized carbons (Fsp3) is 0. The van der Waals surface area contributed by atoms with Crippen LogP contribution in [0.2, 0.25) is 0 Å². The molecule has 0 aliphatic heterocycles. The second-order valence-corrected chi connectivity index (χ2v) is 10.6. The normalized spacial score (nSPS) is 11.9. The number of hydrogen-bond donors (Lipinski definition) is 0. The Morgan fingerprint density at radius 2 is 1.17 bits per heavy atom. The Hall–Kier alpha value is -5.54. The van der Waals surface area contributed by atoms with Crippen LogP contribution < -0.4 is 0 Å². The summed E-state index contributed by atoms with van der Waals surface area (Å²) >= 11 is 0. The van der Waals surface area contributed by atoms with Crippen LogP contribution in [0.4, 0.5) is 0 Å². The lowest BCUT2D eigenvalue weighted by atomic mass is 9.91. The lowest BCUT2D eigenvalue weighted by Crippen LogP contribution is -1.89. The highest BCUT2D eigenvalue weighted by Crippen LogP contribution is 2.42. The third-order valence-corrected chi connectivity index (χ3v) is 8.29. The Labute approximate surface area is 235 Å². The third-order valence-electron chi connectivity index (χ3n) is 8.29. The number of furan rings is 1. The Morgan fingerprint density at radius 1 is 0.463 bits per heavy atom. The molecule has 0 bridgehead atoms. The van der Waals surface area contributed by atoms with Crippen LogP contribution in [0.5, 0.6) is 0 Å². The smallest absolute Gasteiger partial charge is 0.136 e. The van der Waals surface area contributed by atoms with Crippen LogP contribution >= 0.6 is 0 Å². The maximum absolute atomic E-state index is 6.22. The second-order valence-electron chi connectivity index (χ2n) is 10.6. The molecule has 3 nitrogen and oxygen atoms in total. The van der Waals surface area contributed by atoms with Crippen molar-refractivity contribution >= 4 is 65.3 Å². The van der Waals surface area contributed by atoms with Crippen molar-refractivity contribution in [2.75, 3.05) is 0 Å². The highest BCUT2D eigenvalue weighted by Gasteiger charge is 2.15. The quantitative estimate of drug-likeness (QED) is 0.212. The molecule has 0 aliphatic rings. The van der Waals surface area contributed by atoms with Crippen molar-refractivity contribution in [1.29, 1.82) is 0 Å². The van der Waals surface area contributed by atoms with Gasteiger partial charge in [0, 0.05) is 38.7 Å². The first-order valence-corrected chi connectivity index (χ1v) is 13.8. The molecule has 0 atom stereocenters. The monoisotopic (exact) mass is 522 g/mol. The van der Waals surface area contributed by atoms with Crippen molar-refractivity contribution in [3.8, 4) is 22.4 Å². The van der Waals surface area contributed by atoms with Crippen molar-refractivity contribution in [2.45, 2.75) is 0 Å². The summed E-state index contributed by atoms with van der Waals surface area (Å²) in [4.78, 5) is 9.66. The minimum Gasteiger partial charge on any atom is -0.456 e. The molecule has 0 fully saturated rings. The van der Waals surface area contributed by atoms with Crippen molar-refractivity contribution in [3.05, 3.63) is 134 Å². The molecular weight excluding hydrogens is 500 g/mol. The van der Waals surface area contributed by atoms with Crippen LogP contribution in [0.1, 0.15) is 0 Å². The molecule has 0 amide bonds. The largest absolute Gasteiger partial charge is 0.456 e. The van der Waals surface area contributed by atoms with Gasteiger partial charge in [0.15, 0.2) is 0 Å². The van der Waals surface area contributed by atoms with E-state index < -0.39 is 0 Å². The lowest BCUT2D eigenvalue weighted by molar-refractivity contribution is 0.669. The van der Waals surface area contributed by atoms with Crippen molar-refractivity contribution in [3.63, 3.8) is 0 Å². The summed E-state index contributed by atoms with van der Waals surface area (Å²) in [6.07, 6.45) is 1.83. The summed E-state index contributed by atoms with van der Waals surface area (Å²) in [5.74, 6) is 0. The number of hydrogen-bond acceptors (Lipinski definition) is 3. The van der Waals surface area contributed by atoms with Crippen LogP contribution in [-0.4, -0.2) is 9.97 Å². The molecule has 9 rings (SSSR count). The van der Waals surface area contributed by atoms with Crippen molar-refractivity contribution < 1.29 is 4.42 Å². The summed E-state index contributed by atoms with van der Waals surface area (Å²) < 4.78 is 6.22. The Kier molecular flexibility index (Phi) is 4.61. The molecule has 0 saturated heterocycles. The Bertz CT molecular complexity index is 2470. The zero-order valence-corrected chi connectivity index (χ0v) is 22.0. The molecule has 190 valence electrons. The molecule has 0 spiro atoms. The predicted octanol–water partition coefficient (Wildman–Crippen LogP) is 10.3. The van der Waals surface area contributed by atoms with E-state index in [9.17, 15) is 0 Å². The molecule has 0 saturated carbocycles. The first-order valence-electron chi connectivity index (χ1n) is 13.8.